The Hall–Kier alpha value is -2.75. The highest BCUT2D eigenvalue weighted by atomic mass is 16.6. The molecule has 2 saturated heterocycles. The van der Waals surface area contributed by atoms with Crippen molar-refractivity contribution in [3.05, 3.63) is 38.4 Å². The summed E-state index contributed by atoms with van der Waals surface area (Å²) in [7, 11) is 0. The first-order chi connectivity index (χ1) is 13.4. The van der Waals surface area contributed by atoms with Crippen molar-refractivity contribution >= 4 is 23.0 Å². The molecule has 1 aromatic carbocycles. The average Bonchev–Trinajstić information content (AvgIpc) is 2.73. The van der Waals surface area contributed by atoms with Crippen LogP contribution in [0.15, 0.2) is 18.2 Å². The van der Waals surface area contributed by atoms with E-state index in [2.05, 4.69) is 4.90 Å². The second-order valence-corrected chi connectivity index (χ2v) is 7.27. The minimum atomic E-state index is -0.636. The number of anilines is 1. The first-order valence-electron chi connectivity index (χ1n) is 9.59. The first kappa shape index (κ1) is 20.0. The quantitative estimate of drug-likeness (QED) is 0.557. The van der Waals surface area contributed by atoms with Gasteiger partial charge in [-0.15, -0.1) is 0 Å². The number of nitrogens with zero attached hydrogens (tertiary/aromatic N) is 5. The van der Waals surface area contributed by atoms with E-state index in [1.807, 2.05) is 16.7 Å². The number of amides is 1. The molecule has 1 atom stereocenters. The van der Waals surface area contributed by atoms with Crippen LogP contribution in [0.25, 0.3) is 0 Å². The number of hydrogen-bond acceptors (Lipinski definition) is 7. The van der Waals surface area contributed by atoms with Gasteiger partial charge < -0.3 is 9.80 Å². The smallest absolute Gasteiger partial charge is 0.299 e. The fourth-order valence-corrected chi connectivity index (χ4v) is 3.92. The van der Waals surface area contributed by atoms with E-state index in [0.29, 0.717) is 31.9 Å². The van der Waals surface area contributed by atoms with Gasteiger partial charge in [-0.1, -0.05) is 0 Å². The van der Waals surface area contributed by atoms with Gasteiger partial charge in [-0.25, -0.2) is 0 Å². The second kappa shape index (κ2) is 8.51. The zero-order valence-electron chi connectivity index (χ0n) is 16.0. The van der Waals surface area contributed by atoms with Crippen LogP contribution in [0.1, 0.15) is 26.2 Å². The lowest BCUT2D eigenvalue weighted by molar-refractivity contribution is -0.393. The normalized spacial score (nSPS) is 19.3. The minimum Gasteiger partial charge on any atom is -0.363 e. The van der Waals surface area contributed by atoms with Crippen LogP contribution in [0, 0.1) is 20.2 Å². The molecule has 0 saturated carbocycles. The maximum Gasteiger partial charge on any atom is 0.299 e. The average molecular weight is 391 g/mol. The monoisotopic (exact) mass is 391 g/mol. The summed E-state index contributed by atoms with van der Waals surface area (Å²) < 4.78 is 0. The van der Waals surface area contributed by atoms with Gasteiger partial charge in [0.25, 0.3) is 11.4 Å². The molecule has 1 amide bonds. The SMILES string of the molecule is CC(C(=O)N1CCCCC1)N1CCN(c2ccc([N+](=O)[O-])cc2[N+](=O)[O-])CC1. The van der Waals surface area contributed by atoms with E-state index in [9.17, 15) is 25.0 Å². The van der Waals surface area contributed by atoms with Crippen LogP contribution < -0.4 is 4.90 Å². The summed E-state index contributed by atoms with van der Waals surface area (Å²) in [4.78, 5) is 39.7. The molecule has 3 rings (SSSR count). The predicted molar refractivity (Wildman–Crippen MR) is 103 cm³/mol. The molecule has 10 heteroatoms. The summed E-state index contributed by atoms with van der Waals surface area (Å²) >= 11 is 0. The highest BCUT2D eigenvalue weighted by molar-refractivity contribution is 5.81. The van der Waals surface area contributed by atoms with E-state index < -0.39 is 9.85 Å². The summed E-state index contributed by atoms with van der Waals surface area (Å²) in [5.41, 5.74) is -0.180. The van der Waals surface area contributed by atoms with Crippen molar-refractivity contribution in [1.29, 1.82) is 0 Å². The van der Waals surface area contributed by atoms with Gasteiger partial charge in [-0.3, -0.25) is 29.9 Å². The van der Waals surface area contributed by atoms with E-state index in [1.165, 1.54) is 18.6 Å². The van der Waals surface area contributed by atoms with Crippen molar-refractivity contribution < 1.29 is 14.6 Å². The Balaban J connectivity index is 1.65. The van der Waals surface area contributed by atoms with E-state index in [4.69, 9.17) is 0 Å². The zero-order valence-corrected chi connectivity index (χ0v) is 16.0. The van der Waals surface area contributed by atoms with Crippen molar-refractivity contribution in [3.63, 3.8) is 0 Å². The molecule has 0 aliphatic carbocycles. The summed E-state index contributed by atoms with van der Waals surface area (Å²) in [5, 5.41) is 22.3. The predicted octanol–water partition coefficient (Wildman–Crippen LogP) is 2.03. The third-order valence-corrected chi connectivity index (χ3v) is 5.59. The van der Waals surface area contributed by atoms with Crippen molar-refractivity contribution in [1.82, 2.24) is 9.80 Å². The Kier molecular flexibility index (Phi) is 6.08. The molecule has 28 heavy (non-hydrogen) atoms. The standard InChI is InChI=1S/C18H25N5O5/c1-14(18(24)21-7-3-2-4-8-21)19-9-11-20(12-10-19)16-6-5-15(22(25)26)13-17(16)23(27)28/h5-6,13-14H,2-4,7-12H2,1H3. The molecule has 10 nitrogen and oxygen atoms in total. The Morgan fingerprint density at radius 3 is 2.18 bits per heavy atom. The molecule has 0 spiro atoms. The summed E-state index contributed by atoms with van der Waals surface area (Å²) in [6, 6.07) is 3.52. The number of piperidine rings is 1. The molecule has 2 aliphatic rings. The molecule has 0 radical (unpaired) electrons. The van der Waals surface area contributed by atoms with E-state index >= 15 is 0 Å². The lowest BCUT2D eigenvalue weighted by Gasteiger charge is -2.40. The number of non-ortho nitro benzene ring substituents is 1. The molecule has 1 unspecified atom stereocenters. The Morgan fingerprint density at radius 1 is 0.964 bits per heavy atom. The minimum absolute atomic E-state index is 0.148. The van der Waals surface area contributed by atoms with Gasteiger partial charge in [-0.05, 0) is 32.3 Å². The maximum absolute atomic E-state index is 12.7. The van der Waals surface area contributed by atoms with Crippen molar-refractivity contribution in [2.75, 3.05) is 44.2 Å². The van der Waals surface area contributed by atoms with Crippen LogP contribution in [-0.2, 0) is 4.79 Å². The summed E-state index contributed by atoms with van der Waals surface area (Å²) in [6.45, 7) is 5.81. The van der Waals surface area contributed by atoms with Crippen LogP contribution in [0.4, 0.5) is 17.1 Å². The number of likely N-dealkylation sites (tertiary alicyclic amines) is 1. The van der Waals surface area contributed by atoms with Crippen LogP contribution in [0.3, 0.4) is 0 Å². The molecule has 2 aliphatic heterocycles. The number of piperazine rings is 1. The Bertz CT molecular complexity index is 757. The lowest BCUT2D eigenvalue weighted by atomic mass is 10.1. The zero-order chi connectivity index (χ0) is 20.3. The van der Waals surface area contributed by atoms with Gasteiger partial charge in [0.1, 0.15) is 5.69 Å². The maximum atomic E-state index is 12.7. The topological polar surface area (TPSA) is 113 Å². The van der Waals surface area contributed by atoms with Gasteiger partial charge in [0, 0.05) is 45.3 Å². The molecule has 1 aromatic rings. The highest BCUT2D eigenvalue weighted by Crippen LogP contribution is 2.32. The number of rotatable bonds is 5. The van der Waals surface area contributed by atoms with Crippen LogP contribution in [0.5, 0.6) is 0 Å². The number of benzene rings is 1. The molecular formula is C18H25N5O5. The number of carbonyl (C=O) groups is 1. The number of nitro benzene ring substituents is 2. The van der Waals surface area contributed by atoms with E-state index in [1.54, 1.807) is 0 Å². The van der Waals surface area contributed by atoms with Crippen molar-refractivity contribution in [2.24, 2.45) is 0 Å². The van der Waals surface area contributed by atoms with E-state index in [0.717, 1.165) is 32.0 Å². The summed E-state index contributed by atoms with van der Waals surface area (Å²) in [5.74, 6) is 0.148. The Labute approximate surface area is 163 Å². The molecule has 2 fully saturated rings. The van der Waals surface area contributed by atoms with Gasteiger partial charge in [-0.2, -0.15) is 0 Å². The molecule has 0 bridgehead atoms. The number of nitro groups is 2. The highest BCUT2D eigenvalue weighted by Gasteiger charge is 2.31. The molecule has 2 heterocycles. The van der Waals surface area contributed by atoms with Crippen molar-refractivity contribution in [2.45, 2.75) is 32.2 Å². The number of carbonyl (C=O) groups excluding carboxylic acids is 1. The van der Waals surface area contributed by atoms with Crippen LogP contribution in [0.2, 0.25) is 0 Å². The van der Waals surface area contributed by atoms with Crippen LogP contribution in [-0.4, -0.2) is 70.9 Å². The molecular weight excluding hydrogens is 366 g/mol. The molecule has 152 valence electrons. The summed E-state index contributed by atoms with van der Waals surface area (Å²) in [6.07, 6.45) is 3.27. The van der Waals surface area contributed by atoms with Gasteiger partial charge >= 0.3 is 0 Å². The van der Waals surface area contributed by atoms with Crippen LogP contribution >= 0.6 is 0 Å². The molecule has 0 N–H and O–H groups in total. The van der Waals surface area contributed by atoms with Crippen molar-refractivity contribution in [3.8, 4) is 0 Å². The third-order valence-electron chi connectivity index (χ3n) is 5.59. The van der Waals surface area contributed by atoms with Gasteiger partial charge in [0.05, 0.1) is 22.0 Å². The molecule has 0 aromatic heterocycles. The third kappa shape index (κ3) is 4.22. The second-order valence-electron chi connectivity index (χ2n) is 7.27. The first-order valence-corrected chi connectivity index (χ1v) is 9.59. The number of hydrogen-bond donors (Lipinski definition) is 0. The fraction of sp³-hybridized carbons (Fsp3) is 0.611. The lowest BCUT2D eigenvalue weighted by Crippen LogP contribution is -2.55. The van der Waals surface area contributed by atoms with Gasteiger partial charge in [0.15, 0.2) is 0 Å². The largest absolute Gasteiger partial charge is 0.363 e. The van der Waals surface area contributed by atoms with Gasteiger partial charge in [0.2, 0.25) is 5.91 Å². The van der Waals surface area contributed by atoms with E-state index in [-0.39, 0.29) is 23.3 Å². The fourth-order valence-electron chi connectivity index (χ4n) is 3.92. The Morgan fingerprint density at radius 2 is 1.61 bits per heavy atom.